The van der Waals surface area contributed by atoms with Crippen LogP contribution in [0.2, 0.25) is 0 Å². The number of sulfone groups is 1. The molecule has 0 N–H and O–H groups in total. The number of nitrogens with zero attached hydrogens (tertiary/aromatic N) is 1. The number of hydrogen-bond donors (Lipinski definition) is 0. The van der Waals surface area contributed by atoms with E-state index in [2.05, 4.69) is 11.9 Å². The molecular weight excluding hydrogens is 306 g/mol. The van der Waals surface area contributed by atoms with Crippen LogP contribution in [-0.2, 0) is 15.3 Å². The minimum atomic E-state index is -3.50. The van der Waals surface area contributed by atoms with Crippen LogP contribution in [0.4, 0.5) is 0 Å². The molecule has 0 unspecified atom stereocenters. The molecule has 3 aromatic rings. The number of benzene rings is 2. The number of fused-ring (bicyclic) bond motifs is 2. The van der Waals surface area contributed by atoms with E-state index in [4.69, 9.17) is 0 Å². The third-order valence-electron chi connectivity index (χ3n) is 4.67. The second-order valence-corrected chi connectivity index (χ2v) is 7.75. The van der Waals surface area contributed by atoms with Crippen LogP contribution in [0.1, 0.15) is 23.6 Å². The van der Waals surface area contributed by atoms with Gasteiger partial charge in [0.25, 0.3) is 0 Å². The Morgan fingerprint density at radius 3 is 1.91 bits per heavy atom. The van der Waals surface area contributed by atoms with Gasteiger partial charge in [-0.1, -0.05) is 42.5 Å². The highest BCUT2D eigenvalue weighted by Crippen LogP contribution is 2.48. The Kier molecular flexibility index (Phi) is 2.93. The standard InChI is InChI=1S/C19H15NO2S/c1-19(14-7-6-12-20-13-14)15-8-2-4-10-17(15)23(21,22)18-11-5-3-9-16(18)19/h2-13H,1H3. The first-order chi connectivity index (χ1) is 11.1. The summed E-state index contributed by atoms with van der Waals surface area (Å²) in [5.74, 6) is 0. The highest BCUT2D eigenvalue weighted by atomic mass is 32.2. The molecule has 114 valence electrons. The van der Waals surface area contributed by atoms with Crippen LogP contribution in [0.3, 0.4) is 0 Å². The Bertz CT molecular complexity index is 941. The van der Waals surface area contributed by atoms with Crippen molar-refractivity contribution in [3.63, 3.8) is 0 Å². The highest BCUT2D eigenvalue weighted by molar-refractivity contribution is 7.91. The molecule has 23 heavy (non-hydrogen) atoms. The van der Waals surface area contributed by atoms with Crippen LogP contribution in [0.5, 0.6) is 0 Å². The van der Waals surface area contributed by atoms with Gasteiger partial charge in [-0.3, -0.25) is 4.98 Å². The summed E-state index contributed by atoms with van der Waals surface area (Å²) in [6.45, 7) is 2.07. The number of rotatable bonds is 1. The lowest BCUT2D eigenvalue weighted by atomic mass is 9.71. The Labute approximate surface area is 135 Å². The van der Waals surface area contributed by atoms with Crippen molar-refractivity contribution in [2.75, 3.05) is 0 Å². The van der Waals surface area contributed by atoms with Crippen molar-refractivity contribution >= 4 is 9.84 Å². The summed E-state index contributed by atoms with van der Waals surface area (Å²) in [7, 11) is -3.50. The lowest BCUT2D eigenvalue weighted by molar-refractivity contribution is 0.570. The quantitative estimate of drug-likeness (QED) is 0.688. The van der Waals surface area contributed by atoms with Crippen LogP contribution in [0, 0.1) is 0 Å². The Morgan fingerprint density at radius 1 is 0.826 bits per heavy atom. The summed E-state index contributed by atoms with van der Waals surface area (Å²) in [5.41, 5.74) is 2.03. The maximum atomic E-state index is 13.0. The Morgan fingerprint density at radius 2 is 1.39 bits per heavy atom. The van der Waals surface area contributed by atoms with Gasteiger partial charge >= 0.3 is 0 Å². The summed E-state index contributed by atoms with van der Waals surface area (Å²) >= 11 is 0. The number of aromatic nitrogens is 1. The van der Waals surface area contributed by atoms with E-state index in [1.807, 2.05) is 42.6 Å². The van der Waals surface area contributed by atoms with E-state index in [9.17, 15) is 8.42 Å². The highest BCUT2D eigenvalue weighted by Gasteiger charge is 2.44. The zero-order valence-electron chi connectivity index (χ0n) is 12.6. The van der Waals surface area contributed by atoms with Crippen molar-refractivity contribution in [2.24, 2.45) is 0 Å². The van der Waals surface area contributed by atoms with E-state index < -0.39 is 15.3 Å². The normalized spacial score (nSPS) is 17.1. The molecule has 2 heterocycles. The summed E-state index contributed by atoms with van der Waals surface area (Å²) in [6.07, 6.45) is 3.54. The third kappa shape index (κ3) is 1.82. The number of pyridine rings is 1. The second-order valence-electron chi connectivity index (χ2n) is 5.86. The smallest absolute Gasteiger partial charge is 0.207 e. The van der Waals surface area contributed by atoms with E-state index in [0.29, 0.717) is 9.79 Å². The zero-order valence-corrected chi connectivity index (χ0v) is 13.4. The fourth-order valence-electron chi connectivity index (χ4n) is 3.46. The summed E-state index contributed by atoms with van der Waals surface area (Å²) in [4.78, 5) is 5.00. The van der Waals surface area contributed by atoms with Crippen molar-refractivity contribution in [2.45, 2.75) is 22.1 Å². The molecule has 0 saturated heterocycles. The molecule has 0 bridgehead atoms. The topological polar surface area (TPSA) is 47.0 Å². The fraction of sp³-hybridized carbons (Fsp3) is 0.105. The van der Waals surface area contributed by atoms with Crippen LogP contribution >= 0.6 is 0 Å². The molecule has 1 aromatic heterocycles. The average molecular weight is 321 g/mol. The lowest BCUT2D eigenvalue weighted by Crippen LogP contribution is -2.33. The molecule has 2 aromatic carbocycles. The largest absolute Gasteiger partial charge is 0.264 e. The minimum Gasteiger partial charge on any atom is -0.264 e. The van der Waals surface area contributed by atoms with Gasteiger partial charge < -0.3 is 0 Å². The van der Waals surface area contributed by atoms with E-state index in [-0.39, 0.29) is 0 Å². The average Bonchev–Trinajstić information content (AvgIpc) is 2.61. The zero-order chi connectivity index (χ0) is 16.1. The SMILES string of the molecule is CC1(c2cccnc2)c2ccccc2S(=O)(=O)c2ccccc21. The van der Waals surface area contributed by atoms with Gasteiger partial charge in [-0.25, -0.2) is 8.42 Å². The van der Waals surface area contributed by atoms with E-state index in [1.54, 1.807) is 30.5 Å². The van der Waals surface area contributed by atoms with Crippen molar-refractivity contribution in [1.82, 2.24) is 4.98 Å². The maximum absolute atomic E-state index is 13.0. The van der Waals surface area contributed by atoms with Crippen molar-refractivity contribution < 1.29 is 8.42 Å². The predicted molar refractivity (Wildman–Crippen MR) is 88.1 cm³/mol. The molecule has 0 amide bonds. The van der Waals surface area contributed by atoms with Crippen molar-refractivity contribution in [3.05, 3.63) is 89.7 Å². The van der Waals surface area contributed by atoms with Gasteiger partial charge in [0, 0.05) is 17.8 Å². The van der Waals surface area contributed by atoms with Crippen LogP contribution in [-0.4, -0.2) is 13.4 Å². The molecule has 0 atom stereocenters. The van der Waals surface area contributed by atoms with Gasteiger partial charge in [0.15, 0.2) is 0 Å². The summed E-state index contributed by atoms with van der Waals surface area (Å²) in [6, 6.07) is 18.4. The fourth-order valence-corrected chi connectivity index (χ4v) is 5.34. The first-order valence-electron chi connectivity index (χ1n) is 7.41. The first kappa shape index (κ1) is 14.2. The molecule has 0 radical (unpaired) electrons. The Balaban J connectivity index is 2.18. The van der Waals surface area contributed by atoms with Crippen LogP contribution in [0.25, 0.3) is 0 Å². The molecular formula is C19H15NO2S. The van der Waals surface area contributed by atoms with Crippen LogP contribution in [0.15, 0.2) is 82.8 Å². The van der Waals surface area contributed by atoms with E-state index in [1.165, 1.54) is 0 Å². The molecule has 0 spiro atoms. The third-order valence-corrected chi connectivity index (χ3v) is 6.54. The van der Waals surface area contributed by atoms with Gasteiger partial charge in [-0.2, -0.15) is 0 Å². The van der Waals surface area contributed by atoms with E-state index >= 15 is 0 Å². The molecule has 0 aliphatic carbocycles. The maximum Gasteiger partial charge on any atom is 0.207 e. The van der Waals surface area contributed by atoms with Gasteiger partial charge in [-0.05, 0) is 41.8 Å². The van der Waals surface area contributed by atoms with Crippen LogP contribution < -0.4 is 0 Å². The molecule has 1 aliphatic rings. The lowest BCUT2D eigenvalue weighted by Gasteiger charge is -2.37. The minimum absolute atomic E-state index is 0.380. The number of hydrogen-bond acceptors (Lipinski definition) is 3. The van der Waals surface area contributed by atoms with Gasteiger partial charge in [0.05, 0.1) is 9.79 Å². The summed E-state index contributed by atoms with van der Waals surface area (Å²) < 4.78 is 26.0. The molecule has 3 nitrogen and oxygen atoms in total. The molecule has 1 aliphatic heterocycles. The van der Waals surface area contributed by atoms with Crippen molar-refractivity contribution in [3.8, 4) is 0 Å². The second kappa shape index (κ2) is 4.77. The van der Waals surface area contributed by atoms with E-state index in [0.717, 1.165) is 16.7 Å². The van der Waals surface area contributed by atoms with Gasteiger partial charge in [-0.15, -0.1) is 0 Å². The molecule has 4 rings (SSSR count). The van der Waals surface area contributed by atoms with Crippen molar-refractivity contribution in [1.29, 1.82) is 0 Å². The van der Waals surface area contributed by atoms with Gasteiger partial charge in [0.1, 0.15) is 0 Å². The monoisotopic (exact) mass is 321 g/mol. The molecule has 0 saturated carbocycles. The Hall–Kier alpha value is -2.46. The molecule has 0 fully saturated rings. The first-order valence-corrected chi connectivity index (χ1v) is 8.89. The predicted octanol–water partition coefficient (Wildman–Crippen LogP) is 3.58. The summed E-state index contributed by atoms with van der Waals surface area (Å²) in [5, 5.41) is 0. The molecule has 4 heteroatoms. The van der Waals surface area contributed by atoms with Gasteiger partial charge in [0.2, 0.25) is 9.84 Å².